The number of thiazole rings is 1. The zero-order valence-electron chi connectivity index (χ0n) is 12.0. The third kappa shape index (κ3) is 2.89. The average molecular weight is 300 g/mol. The molecule has 2 fully saturated rings. The molecule has 0 saturated carbocycles. The van der Waals surface area contributed by atoms with E-state index >= 15 is 0 Å². The van der Waals surface area contributed by atoms with E-state index < -0.39 is 0 Å². The Labute approximate surface area is 129 Å². The first kappa shape index (κ1) is 13.4. The first-order valence-electron chi connectivity index (χ1n) is 7.69. The molecular formula is C17H20N2OS. The highest BCUT2D eigenvalue weighted by atomic mass is 32.1. The van der Waals surface area contributed by atoms with Crippen molar-refractivity contribution >= 4 is 11.3 Å². The number of hydrogen-bond acceptors (Lipinski definition) is 4. The zero-order chi connectivity index (χ0) is 14.1. The summed E-state index contributed by atoms with van der Waals surface area (Å²) in [7, 11) is 0. The van der Waals surface area contributed by atoms with Crippen LogP contribution in [-0.4, -0.2) is 29.1 Å². The molecule has 4 heteroatoms. The number of hydrogen-bond donors (Lipinski definition) is 0. The maximum Gasteiger partial charge on any atom is 0.121 e. The van der Waals surface area contributed by atoms with Crippen LogP contribution in [0.2, 0.25) is 0 Å². The van der Waals surface area contributed by atoms with Gasteiger partial charge in [0.1, 0.15) is 11.1 Å². The van der Waals surface area contributed by atoms with Crippen LogP contribution >= 0.6 is 11.3 Å². The van der Waals surface area contributed by atoms with E-state index in [4.69, 9.17) is 4.74 Å². The first-order valence-corrected chi connectivity index (χ1v) is 8.57. The smallest absolute Gasteiger partial charge is 0.121 e. The van der Waals surface area contributed by atoms with Crippen molar-refractivity contribution in [2.24, 2.45) is 5.92 Å². The van der Waals surface area contributed by atoms with Crippen molar-refractivity contribution in [1.29, 1.82) is 0 Å². The van der Waals surface area contributed by atoms with Gasteiger partial charge in [-0.2, -0.15) is 0 Å². The summed E-state index contributed by atoms with van der Waals surface area (Å²) < 4.78 is 6.28. The lowest BCUT2D eigenvalue weighted by Gasteiger charge is -2.34. The number of piperidine rings is 1. The predicted molar refractivity (Wildman–Crippen MR) is 84.2 cm³/mol. The normalized spacial score (nSPS) is 29.4. The van der Waals surface area contributed by atoms with Gasteiger partial charge in [-0.3, -0.25) is 4.90 Å². The van der Waals surface area contributed by atoms with Gasteiger partial charge in [0, 0.05) is 24.7 Å². The lowest BCUT2D eigenvalue weighted by Crippen LogP contribution is -2.41. The molecule has 0 aliphatic carbocycles. The van der Waals surface area contributed by atoms with E-state index in [9.17, 15) is 0 Å². The van der Waals surface area contributed by atoms with Gasteiger partial charge >= 0.3 is 0 Å². The van der Waals surface area contributed by atoms with Crippen molar-refractivity contribution in [3.05, 3.63) is 52.5 Å². The van der Waals surface area contributed by atoms with Crippen LogP contribution in [0, 0.1) is 5.92 Å². The minimum atomic E-state index is 0.233. The number of rotatable bonds is 3. The molecule has 0 unspecified atom stereocenters. The summed E-state index contributed by atoms with van der Waals surface area (Å²) in [5.74, 6) is 0.714. The fourth-order valence-corrected chi connectivity index (χ4v) is 4.22. The van der Waals surface area contributed by atoms with Crippen molar-refractivity contribution in [2.75, 3.05) is 13.1 Å². The van der Waals surface area contributed by atoms with E-state index in [2.05, 4.69) is 40.2 Å². The predicted octanol–water partition coefficient (Wildman–Crippen LogP) is 3.50. The molecule has 2 aliphatic heterocycles. The Morgan fingerprint density at radius 1 is 1.29 bits per heavy atom. The molecule has 21 heavy (non-hydrogen) atoms. The van der Waals surface area contributed by atoms with Crippen LogP contribution in [-0.2, 0) is 11.3 Å². The van der Waals surface area contributed by atoms with Gasteiger partial charge in [0.25, 0.3) is 0 Å². The molecule has 1 aromatic heterocycles. The van der Waals surface area contributed by atoms with Gasteiger partial charge < -0.3 is 4.74 Å². The summed E-state index contributed by atoms with van der Waals surface area (Å²) >= 11 is 1.72. The summed E-state index contributed by atoms with van der Waals surface area (Å²) in [6.45, 7) is 3.28. The van der Waals surface area contributed by atoms with Gasteiger partial charge in [-0.25, -0.2) is 4.98 Å². The summed E-state index contributed by atoms with van der Waals surface area (Å²) in [6.07, 6.45) is 4.90. The molecule has 1 aromatic carbocycles. The molecule has 2 aliphatic rings. The van der Waals surface area contributed by atoms with Crippen molar-refractivity contribution < 1.29 is 4.74 Å². The Bertz CT molecular complexity index is 572. The van der Waals surface area contributed by atoms with E-state index in [-0.39, 0.29) is 6.10 Å². The van der Waals surface area contributed by atoms with E-state index in [1.807, 2.05) is 11.6 Å². The van der Waals surface area contributed by atoms with E-state index in [1.165, 1.54) is 18.5 Å². The first-order chi connectivity index (χ1) is 10.4. The lowest BCUT2D eigenvalue weighted by molar-refractivity contribution is -0.00939. The molecule has 3 atom stereocenters. The Morgan fingerprint density at radius 3 is 3.00 bits per heavy atom. The highest BCUT2D eigenvalue weighted by Crippen LogP contribution is 2.41. The molecule has 0 amide bonds. The molecule has 3 nitrogen and oxygen atoms in total. The fraction of sp³-hybridized carbons (Fsp3) is 0.471. The van der Waals surface area contributed by atoms with E-state index in [1.54, 1.807) is 11.3 Å². The van der Waals surface area contributed by atoms with Crippen molar-refractivity contribution in [2.45, 2.75) is 31.6 Å². The van der Waals surface area contributed by atoms with Gasteiger partial charge in [-0.1, -0.05) is 30.3 Å². The van der Waals surface area contributed by atoms with Crippen molar-refractivity contribution in [3.8, 4) is 0 Å². The maximum atomic E-state index is 6.28. The minimum absolute atomic E-state index is 0.233. The van der Waals surface area contributed by atoms with Gasteiger partial charge in [0.15, 0.2) is 0 Å². The maximum absolute atomic E-state index is 6.28. The highest BCUT2D eigenvalue weighted by Gasteiger charge is 2.40. The molecular weight excluding hydrogens is 280 g/mol. The van der Waals surface area contributed by atoms with Gasteiger partial charge in [0.05, 0.1) is 6.10 Å². The number of likely N-dealkylation sites (tertiary alicyclic amines) is 1. The monoisotopic (exact) mass is 300 g/mol. The van der Waals surface area contributed by atoms with Gasteiger partial charge in [-0.15, -0.1) is 11.3 Å². The van der Waals surface area contributed by atoms with Crippen molar-refractivity contribution in [3.63, 3.8) is 0 Å². The third-order valence-electron chi connectivity index (χ3n) is 4.61. The second-order valence-corrected chi connectivity index (χ2v) is 6.96. The second kappa shape index (κ2) is 5.87. The van der Waals surface area contributed by atoms with Crippen LogP contribution in [0.5, 0.6) is 0 Å². The quantitative estimate of drug-likeness (QED) is 0.867. The summed E-state index contributed by atoms with van der Waals surface area (Å²) in [5, 5.41) is 3.20. The molecule has 2 aromatic rings. The summed E-state index contributed by atoms with van der Waals surface area (Å²) in [4.78, 5) is 6.95. The second-order valence-electron chi connectivity index (χ2n) is 6.04. The Morgan fingerprint density at radius 2 is 2.19 bits per heavy atom. The zero-order valence-corrected chi connectivity index (χ0v) is 12.8. The van der Waals surface area contributed by atoms with Crippen LogP contribution in [0.3, 0.4) is 0 Å². The SMILES string of the molecule is c1ccc(CN2CC[C@@H]3C[C@@H](c4nccs4)O[C@H]3C2)cc1. The van der Waals surface area contributed by atoms with Crippen LogP contribution in [0.25, 0.3) is 0 Å². The van der Waals surface area contributed by atoms with Crippen LogP contribution in [0.15, 0.2) is 41.9 Å². The van der Waals surface area contributed by atoms with Crippen LogP contribution in [0.4, 0.5) is 0 Å². The standard InChI is InChI=1S/C17H20N2OS/c1-2-4-13(5-3-1)11-19-8-6-14-10-15(20-16(14)12-19)17-18-7-9-21-17/h1-5,7,9,14-16H,6,8,10-12H2/t14-,15+,16+/m1/s1. The van der Waals surface area contributed by atoms with E-state index in [0.717, 1.165) is 24.5 Å². The molecule has 110 valence electrons. The topological polar surface area (TPSA) is 25.4 Å². The Balaban J connectivity index is 1.39. The third-order valence-corrected chi connectivity index (χ3v) is 5.48. The molecule has 3 heterocycles. The van der Waals surface area contributed by atoms with Gasteiger partial charge in [0.2, 0.25) is 0 Å². The molecule has 0 bridgehead atoms. The summed E-state index contributed by atoms with van der Waals surface area (Å²) in [5.41, 5.74) is 1.39. The number of aromatic nitrogens is 1. The number of nitrogens with zero attached hydrogens (tertiary/aromatic N) is 2. The highest BCUT2D eigenvalue weighted by molar-refractivity contribution is 7.09. The molecule has 0 spiro atoms. The molecule has 0 radical (unpaired) electrons. The lowest BCUT2D eigenvalue weighted by atomic mass is 9.91. The largest absolute Gasteiger partial charge is 0.366 e. The van der Waals surface area contributed by atoms with Crippen LogP contribution < -0.4 is 0 Å². The average Bonchev–Trinajstić information content (AvgIpc) is 3.17. The molecule has 2 saturated heterocycles. The molecule has 4 rings (SSSR count). The van der Waals surface area contributed by atoms with Crippen molar-refractivity contribution in [1.82, 2.24) is 9.88 Å². The number of ether oxygens (including phenoxy) is 1. The molecule has 0 N–H and O–H groups in total. The number of benzene rings is 1. The summed E-state index contributed by atoms with van der Waals surface area (Å²) in [6, 6.07) is 10.7. The van der Waals surface area contributed by atoms with Gasteiger partial charge in [-0.05, 0) is 30.9 Å². The Hall–Kier alpha value is -1.23. The minimum Gasteiger partial charge on any atom is -0.366 e. The van der Waals surface area contributed by atoms with E-state index in [0.29, 0.717) is 12.0 Å². The number of fused-ring (bicyclic) bond motifs is 1. The van der Waals surface area contributed by atoms with Crippen LogP contribution in [0.1, 0.15) is 29.5 Å². The fourth-order valence-electron chi connectivity index (χ4n) is 3.53. The Kier molecular flexibility index (Phi) is 3.76.